The standard InChI is InChI=1S/C18H18N4O4S2/c1-12-3-4-14(11-19)18(20-12)27-10-9-17(24)21-15-5-7-16(8-6-15)28(25,26)22-13(2)23/h3-8H,9-10H2,1-2H3,(H,21,24)(H,22,23). The van der Waals surface area contributed by atoms with Crippen LogP contribution in [0.2, 0.25) is 0 Å². The SMILES string of the molecule is CC(=O)NS(=O)(=O)c1ccc(NC(=O)CCSc2nc(C)ccc2C#N)cc1. The zero-order valence-corrected chi connectivity index (χ0v) is 16.9. The van der Waals surface area contributed by atoms with Crippen molar-refractivity contribution in [3.8, 4) is 6.07 Å². The predicted octanol–water partition coefficient (Wildman–Crippen LogP) is 2.21. The lowest BCUT2D eigenvalue weighted by Crippen LogP contribution is -2.28. The molecule has 2 aromatic rings. The third kappa shape index (κ3) is 6.07. The Labute approximate surface area is 167 Å². The summed E-state index contributed by atoms with van der Waals surface area (Å²) in [5.74, 6) is -0.500. The Balaban J connectivity index is 1.91. The molecule has 0 fully saturated rings. The van der Waals surface area contributed by atoms with Crippen molar-refractivity contribution in [2.45, 2.75) is 30.2 Å². The van der Waals surface area contributed by atoms with E-state index in [1.165, 1.54) is 36.0 Å². The number of amides is 2. The van der Waals surface area contributed by atoms with E-state index in [0.29, 0.717) is 22.0 Å². The molecular formula is C18H18N4O4S2. The fourth-order valence-electron chi connectivity index (χ4n) is 2.16. The molecule has 2 rings (SSSR count). The monoisotopic (exact) mass is 418 g/mol. The Morgan fingerprint density at radius 3 is 2.46 bits per heavy atom. The smallest absolute Gasteiger partial charge is 0.264 e. The number of hydrogen-bond acceptors (Lipinski definition) is 7. The number of aryl methyl sites for hydroxylation is 1. The average molecular weight is 419 g/mol. The average Bonchev–Trinajstić information content (AvgIpc) is 2.61. The molecule has 1 aromatic heterocycles. The zero-order chi connectivity index (χ0) is 20.7. The Bertz CT molecular complexity index is 1030. The summed E-state index contributed by atoms with van der Waals surface area (Å²) in [6.07, 6.45) is 0.192. The predicted molar refractivity (Wildman–Crippen MR) is 105 cm³/mol. The van der Waals surface area contributed by atoms with Crippen LogP contribution in [-0.4, -0.2) is 31.0 Å². The third-order valence-corrected chi connectivity index (χ3v) is 5.86. The maximum atomic E-state index is 12.1. The number of hydrogen-bond donors (Lipinski definition) is 2. The summed E-state index contributed by atoms with van der Waals surface area (Å²) >= 11 is 1.32. The van der Waals surface area contributed by atoms with Crippen LogP contribution < -0.4 is 10.0 Å². The molecule has 0 aliphatic heterocycles. The van der Waals surface area contributed by atoms with E-state index in [0.717, 1.165) is 12.6 Å². The molecule has 2 N–H and O–H groups in total. The summed E-state index contributed by atoms with van der Waals surface area (Å²) in [6, 6.07) is 11.0. The lowest BCUT2D eigenvalue weighted by Gasteiger charge is -2.08. The first-order valence-electron chi connectivity index (χ1n) is 8.15. The first-order chi connectivity index (χ1) is 13.2. The van der Waals surface area contributed by atoms with Crippen LogP contribution in [0.15, 0.2) is 46.3 Å². The molecule has 0 saturated carbocycles. The summed E-state index contributed by atoms with van der Waals surface area (Å²) < 4.78 is 25.6. The Hall–Kier alpha value is -2.90. The zero-order valence-electron chi connectivity index (χ0n) is 15.2. The van der Waals surface area contributed by atoms with E-state index in [1.807, 2.05) is 11.6 Å². The summed E-state index contributed by atoms with van der Waals surface area (Å²) in [6.45, 7) is 2.93. The highest BCUT2D eigenvalue weighted by Crippen LogP contribution is 2.21. The number of nitrogens with one attached hydrogen (secondary N) is 2. The van der Waals surface area contributed by atoms with Gasteiger partial charge in [0, 0.05) is 30.5 Å². The molecule has 0 aliphatic carbocycles. The number of anilines is 1. The van der Waals surface area contributed by atoms with Crippen LogP contribution in [0, 0.1) is 18.3 Å². The van der Waals surface area contributed by atoms with E-state index in [1.54, 1.807) is 12.1 Å². The number of nitrogens with zero attached hydrogens (tertiary/aromatic N) is 2. The molecule has 0 atom stereocenters. The van der Waals surface area contributed by atoms with Crippen molar-refractivity contribution in [2.24, 2.45) is 0 Å². The minimum Gasteiger partial charge on any atom is -0.326 e. The van der Waals surface area contributed by atoms with Crippen LogP contribution in [0.5, 0.6) is 0 Å². The Morgan fingerprint density at radius 1 is 1.18 bits per heavy atom. The number of thioether (sulfide) groups is 1. The second kappa shape index (κ2) is 9.34. The van der Waals surface area contributed by atoms with Gasteiger partial charge in [-0.15, -0.1) is 11.8 Å². The van der Waals surface area contributed by atoms with E-state index in [-0.39, 0.29) is 17.2 Å². The van der Waals surface area contributed by atoms with Crippen molar-refractivity contribution in [2.75, 3.05) is 11.1 Å². The van der Waals surface area contributed by atoms with Gasteiger partial charge >= 0.3 is 0 Å². The summed E-state index contributed by atoms with van der Waals surface area (Å²) in [4.78, 5) is 27.2. The molecule has 0 bridgehead atoms. The van der Waals surface area contributed by atoms with Crippen LogP contribution in [0.1, 0.15) is 24.6 Å². The van der Waals surface area contributed by atoms with Gasteiger partial charge in [0.2, 0.25) is 11.8 Å². The molecule has 8 nitrogen and oxygen atoms in total. The number of rotatable bonds is 7. The van der Waals surface area contributed by atoms with Gasteiger partial charge in [-0.3, -0.25) is 9.59 Å². The molecule has 0 unspecified atom stereocenters. The van der Waals surface area contributed by atoms with Crippen molar-refractivity contribution in [3.63, 3.8) is 0 Å². The minimum atomic E-state index is -3.91. The van der Waals surface area contributed by atoms with Crippen molar-refractivity contribution >= 4 is 39.3 Å². The van der Waals surface area contributed by atoms with Crippen LogP contribution in [-0.2, 0) is 19.6 Å². The van der Waals surface area contributed by atoms with Gasteiger partial charge in [-0.1, -0.05) is 0 Å². The van der Waals surface area contributed by atoms with Crippen LogP contribution in [0.4, 0.5) is 5.69 Å². The topological polar surface area (TPSA) is 129 Å². The maximum Gasteiger partial charge on any atom is 0.264 e. The summed E-state index contributed by atoms with van der Waals surface area (Å²) in [7, 11) is -3.91. The van der Waals surface area contributed by atoms with Gasteiger partial charge in [0.05, 0.1) is 10.5 Å². The number of aromatic nitrogens is 1. The first-order valence-corrected chi connectivity index (χ1v) is 10.6. The molecule has 146 valence electrons. The van der Waals surface area contributed by atoms with Gasteiger partial charge in [-0.25, -0.2) is 18.1 Å². The number of sulfonamides is 1. The Kier molecular flexibility index (Phi) is 7.14. The van der Waals surface area contributed by atoms with Crippen molar-refractivity contribution in [3.05, 3.63) is 47.7 Å². The Morgan fingerprint density at radius 2 is 1.86 bits per heavy atom. The highest BCUT2D eigenvalue weighted by atomic mass is 32.2. The fraction of sp³-hybridized carbons (Fsp3) is 0.222. The largest absolute Gasteiger partial charge is 0.326 e. The summed E-state index contributed by atoms with van der Waals surface area (Å²) in [5.41, 5.74) is 1.69. The number of carbonyl (C=O) groups is 2. The minimum absolute atomic E-state index is 0.0780. The van der Waals surface area contributed by atoms with Gasteiger partial charge in [0.25, 0.3) is 10.0 Å². The van der Waals surface area contributed by atoms with E-state index < -0.39 is 15.9 Å². The molecule has 0 radical (unpaired) electrons. The molecule has 1 aromatic carbocycles. The van der Waals surface area contributed by atoms with Gasteiger partial charge in [-0.2, -0.15) is 5.26 Å². The lowest BCUT2D eigenvalue weighted by molar-refractivity contribution is -0.117. The van der Waals surface area contributed by atoms with Crippen molar-refractivity contribution < 1.29 is 18.0 Å². The molecular weight excluding hydrogens is 400 g/mol. The number of carbonyl (C=O) groups excluding carboxylic acids is 2. The fourth-order valence-corrected chi connectivity index (χ4v) is 4.11. The number of nitriles is 1. The molecule has 0 saturated heterocycles. The lowest BCUT2D eigenvalue weighted by atomic mass is 10.3. The second-order valence-electron chi connectivity index (χ2n) is 5.75. The second-order valence-corrected chi connectivity index (χ2v) is 8.52. The molecule has 2 amide bonds. The highest BCUT2D eigenvalue weighted by Gasteiger charge is 2.15. The van der Waals surface area contributed by atoms with E-state index >= 15 is 0 Å². The highest BCUT2D eigenvalue weighted by molar-refractivity contribution is 7.99. The molecule has 0 spiro atoms. The van der Waals surface area contributed by atoms with Gasteiger partial charge in [0.1, 0.15) is 11.1 Å². The van der Waals surface area contributed by atoms with Crippen LogP contribution >= 0.6 is 11.8 Å². The van der Waals surface area contributed by atoms with Gasteiger partial charge < -0.3 is 5.32 Å². The van der Waals surface area contributed by atoms with Crippen LogP contribution in [0.25, 0.3) is 0 Å². The van der Waals surface area contributed by atoms with E-state index in [2.05, 4.69) is 16.4 Å². The third-order valence-electron chi connectivity index (χ3n) is 3.41. The molecule has 28 heavy (non-hydrogen) atoms. The number of benzene rings is 1. The molecule has 1 heterocycles. The molecule has 10 heteroatoms. The van der Waals surface area contributed by atoms with Crippen LogP contribution in [0.3, 0.4) is 0 Å². The van der Waals surface area contributed by atoms with Crippen molar-refractivity contribution in [1.29, 1.82) is 5.26 Å². The quantitative estimate of drug-likeness (QED) is 0.660. The summed E-state index contributed by atoms with van der Waals surface area (Å²) in [5, 5.41) is 12.3. The molecule has 0 aliphatic rings. The maximum absolute atomic E-state index is 12.1. The van der Waals surface area contributed by atoms with Crippen molar-refractivity contribution in [1.82, 2.24) is 9.71 Å². The van der Waals surface area contributed by atoms with Gasteiger partial charge in [-0.05, 0) is 43.3 Å². The van der Waals surface area contributed by atoms with E-state index in [4.69, 9.17) is 5.26 Å². The first kappa shape index (κ1) is 21.4. The van der Waals surface area contributed by atoms with Gasteiger partial charge in [0.15, 0.2) is 0 Å². The number of pyridine rings is 1. The van der Waals surface area contributed by atoms with E-state index in [9.17, 15) is 18.0 Å². The normalized spacial score (nSPS) is 10.8.